The minimum atomic E-state index is -0.218. The Balaban J connectivity index is 2.26. The zero-order valence-electron chi connectivity index (χ0n) is 10.6. The van der Waals surface area contributed by atoms with Gasteiger partial charge in [0, 0.05) is 0 Å². The molecule has 4 nitrogen and oxygen atoms in total. The maximum Gasteiger partial charge on any atom is 0.259 e. The van der Waals surface area contributed by atoms with Crippen molar-refractivity contribution < 1.29 is 9.53 Å². The van der Waals surface area contributed by atoms with Gasteiger partial charge >= 0.3 is 0 Å². The third-order valence-electron chi connectivity index (χ3n) is 2.65. The number of rotatable bonds is 3. The first-order valence-electron chi connectivity index (χ1n) is 5.69. The summed E-state index contributed by atoms with van der Waals surface area (Å²) in [5.41, 5.74) is 1.92. The number of pyridine rings is 1. The van der Waals surface area contributed by atoms with Crippen molar-refractivity contribution in [2.75, 3.05) is 12.4 Å². The molecule has 0 bridgehead atoms. The second-order valence-electron chi connectivity index (χ2n) is 3.92. The predicted molar refractivity (Wildman–Crippen MR) is 77.6 cm³/mol. The Morgan fingerprint density at radius 1 is 1.26 bits per heavy atom. The fourth-order valence-corrected chi connectivity index (χ4v) is 2.08. The molecule has 1 N–H and O–H groups in total. The highest BCUT2D eigenvalue weighted by Gasteiger charge is 2.12. The summed E-state index contributed by atoms with van der Waals surface area (Å²) in [6.07, 6.45) is 0. The van der Waals surface area contributed by atoms with Crippen molar-refractivity contribution in [1.82, 2.24) is 4.98 Å². The molecule has 1 aromatic carbocycles. The van der Waals surface area contributed by atoms with Gasteiger partial charge in [0.05, 0.1) is 24.1 Å². The van der Waals surface area contributed by atoms with Gasteiger partial charge in [-0.3, -0.25) is 4.79 Å². The first kappa shape index (κ1) is 13.5. The van der Waals surface area contributed by atoms with Gasteiger partial charge in [0.1, 0.15) is 10.4 Å². The van der Waals surface area contributed by atoms with Crippen molar-refractivity contribution in [3.8, 4) is 5.75 Å². The lowest BCUT2D eigenvalue weighted by Crippen LogP contribution is -2.14. The molecule has 0 radical (unpaired) electrons. The Kier molecular flexibility index (Phi) is 4.16. The van der Waals surface area contributed by atoms with E-state index < -0.39 is 0 Å². The van der Waals surface area contributed by atoms with Crippen molar-refractivity contribution in [2.24, 2.45) is 0 Å². The summed E-state index contributed by atoms with van der Waals surface area (Å²) in [4.78, 5) is 16.4. The van der Waals surface area contributed by atoms with Crippen LogP contribution in [-0.4, -0.2) is 18.0 Å². The van der Waals surface area contributed by atoms with Crippen LogP contribution in [0, 0.1) is 6.92 Å². The lowest BCUT2D eigenvalue weighted by molar-refractivity contribution is 0.102. The molecule has 0 fully saturated rings. The lowest BCUT2D eigenvalue weighted by atomic mass is 10.2. The molecule has 2 rings (SSSR count). The van der Waals surface area contributed by atoms with Crippen LogP contribution in [0.15, 0.2) is 41.0 Å². The second kappa shape index (κ2) is 5.84. The molecule has 1 heterocycles. The number of ether oxygens (including phenoxy) is 1. The van der Waals surface area contributed by atoms with Crippen LogP contribution in [0.4, 0.5) is 5.69 Å². The summed E-state index contributed by atoms with van der Waals surface area (Å²) in [6.45, 7) is 1.84. The summed E-state index contributed by atoms with van der Waals surface area (Å²) in [5, 5.41) is 2.83. The van der Waals surface area contributed by atoms with Gasteiger partial charge in [-0.25, -0.2) is 4.98 Å². The summed E-state index contributed by atoms with van der Waals surface area (Å²) in [6, 6.07) is 10.7. The van der Waals surface area contributed by atoms with Crippen LogP contribution in [0.2, 0.25) is 0 Å². The largest absolute Gasteiger partial charge is 0.496 e. The Bertz CT molecular complexity index is 614. The van der Waals surface area contributed by atoms with E-state index in [-0.39, 0.29) is 5.91 Å². The molecule has 0 saturated heterocycles. The lowest BCUT2D eigenvalue weighted by Gasteiger charge is -2.10. The number of hydrogen-bond donors (Lipinski definition) is 1. The summed E-state index contributed by atoms with van der Waals surface area (Å²) in [7, 11) is 1.54. The smallest absolute Gasteiger partial charge is 0.259 e. The number of hydrogen-bond acceptors (Lipinski definition) is 3. The monoisotopic (exact) mass is 320 g/mol. The van der Waals surface area contributed by atoms with Crippen molar-refractivity contribution in [3.63, 3.8) is 0 Å². The van der Waals surface area contributed by atoms with Gasteiger partial charge in [-0.1, -0.05) is 12.1 Å². The summed E-state index contributed by atoms with van der Waals surface area (Å²) < 4.78 is 5.91. The Labute approximate surface area is 119 Å². The molecule has 0 unspecified atom stereocenters. The Morgan fingerprint density at radius 3 is 2.68 bits per heavy atom. The molecule has 0 aliphatic rings. The number of amides is 1. The molecule has 0 aliphatic carbocycles. The normalized spacial score (nSPS) is 10.1. The van der Waals surface area contributed by atoms with Gasteiger partial charge in [0.15, 0.2) is 0 Å². The fraction of sp³-hybridized carbons (Fsp3) is 0.143. The van der Waals surface area contributed by atoms with Crippen molar-refractivity contribution in [1.29, 1.82) is 0 Å². The highest BCUT2D eigenvalue weighted by Crippen LogP contribution is 2.21. The third-order valence-corrected chi connectivity index (χ3v) is 3.09. The first-order valence-corrected chi connectivity index (χ1v) is 6.48. The number of aromatic nitrogens is 1. The topological polar surface area (TPSA) is 51.2 Å². The quantitative estimate of drug-likeness (QED) is 0.882. The van der Waals surface area contributed by atoms with Crippen molar-refractivity contribution in [3.05, 3.63) is 52.3 Å². The van der Waals surface area contributed by atoms with Crippen LogP contribution >= 0.6 is 15.9 Å². The molecule has 0 saturated carbocycles. The fourth-order valence-electron chi connectivity index (χ4n) is 1.68. The second-order valence-corrected chi connectivity index (χ2v) is 4.73. The van der Waals surface area contributed by atoms with Crippen LogP contribution in [0.3, 0.4) is 0 Å². The van der Waals surface area contributed by atoms with Crippen molar-refractivity contribution in [2.45, 2.75) is 6.92 Å². The van der Waals surface area contributed by atoms with Gasteiger partial charge in [-0.2, -0.15) is 0 Å². The summed E-state index contributed by atoms with van der Waals surface area (Å²) in [5.74, 6) is 0.326. The van der Waals surface area contributed by atoms with E-state index in [1.54, 1.807) is 37.4 Å². The molecule has 0 aliphatic heterocycles. The molecule has 1 aromatic heterocycles. The van der Waals surface area contributed by atoms with Gasteiger partial charge in [0.2, 0.25) is 0 Å². The molecule has 5 heteroatoms. The SMILES string of the molecule is COc1ccccc1C(=O)Nc1ccc(Br)nc1C. The van der Waals surface area contributed by atoms with E-state index in [9.17, 15) is 4.79 Å². The van der Waals surface area contributed by atoms with E-state index >= 15 is 0 Å². The number of benzene rings is 1. The van der Waals surface area contributed by atoms with E-state index in [2.05, 4.69) is 26.2 Å². The average Bonchev–Trinajstić information content (AvgIpc) is 2.41. The summed E-state index contributed by atoms with van der Waals surface area (Å²) >= 11 is 3.29. The van der Waals surface area contributed by atoms with Gasteiger partial charge in [0.25, 0.3) is 5.91 Å². The highest BCUT2D eigenvalue weighted by atomic mass is 79.9. The van der Waals surface area contributed by atoms with Crippen molar-refractivity contribution >= 4 is 27.5 Å². The van der Waals surface area contributed by atoms with E-state index in [0.29, 0.717) is 17.0 Å². The van der Waals surface area contributed by atoms with Gasteiger partial charge in [-0.15, -0.1) is 0 Å². The van der Waals surface area contributed by atoms with E-state index in [1.807, 2.05) is 13.0 Å². The molecule has 0 spiro atoms. The van der Waals surface area contributed by atoms with E-state index in [1.165, 1.54) is 0 Å². The van der Waals surface area contributed by atoms with Crippen LogP contribution < -0.4 is 10.1 Å². The Hall–Kier alpha value is -1.88. The van der Waals surface area contributed by atoms with Gasteiger partial charge < -0.3 is 10.1 Å². The number of para-hydroxylation sites is 1. The van der Waals surface area contributed by atoms with Crippen LogP contribution in [0.1, 0.15) is 16.1 Å². The minimum absolute atomic E-state index is 0.218. The zero-order valence-corrected chi connectivity index (χ0v) is 12.2. The number of methoxy groups -OCH3 is 1. The third kappa shape index (κ3) is 3.12. The Morgan fingerprint density at radius 2 is 2.00 bits per heavy atom. The number of halogens is 1. The number of carbonyl (C=O) groups excluding carboxylic acids is 1. The van der Waals surface area contributed by atoms with Crippen LogP contribution in [0.5, 0.6) is 5.75 Å². The first-order chi connectivity index (χ1) is 9.11. The standard InChI is InChI=1S/C14H13BrN2O2/c1-9-11(7-8-13(15)16-9)17-14(18)10-5-3-4-6-12(10)19-2/h3-8H,1-2H3,(H,17,18). The number of nitrogens with one attached hydrogen (secondary N) is 1. The minimum Gasteiger partial charge on any atom is -0.496 e. The number of anilines is 1. The number of carbonyl (C=O) groups is 1. The van der Waals surface area contributed by atoms with E-state index in [4.69, 9.17) is 4.74 Å². The highest BCUT2D eigenvalue weighted by molar-refractivity contribution is 9.10. The molecule has 98 valence electrons. The van der Waals surface area contributed by atoms with Crippen LogP contribution in [-0.2, 0) is 0 Å². The van der Waals surface area contributed by atoms with Crippen LogP contribution in [0.25, 0.3) is 0 Å². The molecule has 0 atom stereocenters. The average molecular weight is 321 g/mol. The van der Waals surface area contributed by atoms with E-state index in [0.717, 1.165) is 10.3 Å². The molecule has 19 heavy (non-hydrogen) atoms. The molecular formula is C14H13BrN2O2. The van der Waals surface area contributed by atoms with Gasteiger partial charge in [-0.05, 0) is 47.1 Å². The molecular weight excluding hydrogens is 308 g/mol. The number of nitrogens with zero attached hydrogens (tertiary/aromatic N) is 1. The maximum absolute atomic E-state index is 12.2. The maximum atomic E-state index is 12.2. The zero-order chi connectivity index (χ0) is 13.8. The number of aryl methyl sites for hydroxylation is 1. The molecule has 1 amide bonds. The molecule has 2 aromatic rings. The predicted octanol–water partition coefficient (Wildman–Crippen LogP) is 3.41.